The summed E-state index contributed by atoms with van der Waals surface area (Å²) in [5, 5.41) is 3.44. The number of rotatable bonds is 5. The Morgan fingerprint density at radius 3 is 3.22 bits per heavy atom. The maximum atomic E-state index is 4.52. The number of anilines is 1. The summed E-state index contributed by atoms with van der Waals surface area (Å²) in [6.45, 7) is 6.50. The van der Waals surface area contributed by atoms with E-state index in [0.29, 0.717) is 0 Å². The second kappa shape index (κ2) is 7.64. The zero-order valence-corrected chi connectivity index (χ0v) is 12.0. The Morgan fingerprint density at radius 2 is 2.33 bits per heavy atom. The molecule has 3 nitrogen and oxygen atoms in total. The molecule has 2 heterocycles. The van der Waals surface area contributed by atoms with Crippen molar-refractivity contribution in [1.29, 1.82) is 0 Å². The lowest BCUT2D eigenvalue weighted by molar-refractivity contribution is 0.674. The van der Waals surface area contributed by atoms with Gasteiger partial charge in [0.25, 0.3) is 0 Å². The zero-order valence-electron chi connectivity index (χ0n) is 11.2. The number of aromatic nitrogens is 1. The Kier molecular flexibility index (Phi) is 5.81. The monoisotopic (exact) mass is 265 g/mol. The first-order valence-electron chi connectivity index (χ1n) is 6.88. The Balaban J connectivity index is 1.96. The Hall–Kier alpha value is -0.740. The van der Waals surface area contributed by atoms with Gasteiger partial charge in [0.15, 0.2) is 0 Å². The van der Waals surface area contributed by atoms with Gasteiger partial charge in [-0.3, -0.25) is 0 Å². The second-order valence-electron chi connectivity index (χ2n) is 4.65. The predicted octanol–water partition coefficient (Wildman–Crippen LogP) is 2.52. The van der Waals surface area contributed by atoms with Gasteiger partial charge in [0.2, 0.25) is 0 Å². The zero-order chi connectivity index (χ0) is 12.6. The largest absolute Gasteiger partial charge is 0.356 e. The molecule has 0 radical (unpaired) electrons. The molecule has 1 fully saturated rings. The number of pyridine rings is 1. The molecule has 0 saturated carbocycles. The molecule has 0 aromatic carbocycles. The molecule has 1 aliphatic heterocycles. The molecular weight excluding hydrogens is 242 g/mol. The predicted molar refractivity (Wildman–Crippen MR) is 80.4 cm³/mol. The Labute approximate surface area is 114 Å². The number of nitrogens with one attached hydrogen (secondary N) is 1. The molecule has 0 atom stereocenters. The molecule has 2 rings (SSSR count). The minimum atomic E-state index is 0.950. The fraction of sp³-hybridized carbons (Fsp3) is 0.643. The summed E-state index contributed by atoms with van der Waals surface area (Å²) in [5.74, 6) is 3.65. The summed E-state index contributed by atoms with van der Waals surface area (Å²) < 4.78 is 0. The van der Waals surface area contributed by atoms with Crippen molar-refractivity contribution in [3.8, 4) is 0 Å². The van der Waals surface area contributed by atoms with Crippen molar-refractivity contribution in [2.75, 3.05) is 36.0 Å². The fourth-order valence-corrected chi connectivity index (χ4v) is 3.01. The second-order valence-corrected chi connectivity index (χ2v) is 5.88. The maximum Gasteiger partial charge on any atom is 0.128 e. The average molecular weight is 265 g/mol. The van der Waals surface area contributed by atoms with E-state index in [1.54, 1.807) is 0 Å². The van der Waals surface area contributed by atoms with E-state index in [4.69, 9.17) is 0 Å². The molecule has 1 saturated heterocycles. The third-order valence-corrected chi connectivity index (χ3v) is 4.16. The minimum absolute atomic E-state index is 0.950. The van der Waals surface area contributed by atoms with Crippen LogP contribution < -0.4 is 10.2 Å². The number of hydrogen-bond acceptors (Lipinski definition) is 4. The molecule has 0 spiro atoms. The quantitative estimate of drug-likeness (QED) is 0.828. The highest BCUT2D eigenvalue weighted by Gasteiger charge is 2.11. The lowest BCUT2D eigenvalue weighted by Gasteiger charge is -2.21. The van der Waals surface area contributed by atoms with Gasteiger partial charge in [-0.05, 0) is 42.8 Å². The van der Waals surface area contributed by atoms with Gasteiger partial charge >= 0.3 is 0 Å². The van der Waals surface area contributed by atoms with Gasteiger partial charge in [0.1, 0.15) is 5.82 Å². The van der Waals surface area contributed by atoms with Crippen molar-refractivity contribution in [1.82, 2.24) is 10.3 Å². The molecule has 1 aliphatic rings. The van der Waals surface area contributed by atoms with E-state index in [0.717, 1.165) is 32.0 Å². The van der Waals surface area contributed by atoms with Gasteiger partial charge in [-0.2, -0.15) is 11.8 Å². The molecule has 0 unspecified atom stereocenters. The molecule has 1 aromatic rings. The van der Waals surface area contributed by atoms with Gasteiger partial charge in [-0.15, -0.1) is 0 Å². The third kappa shape index (κ3) is 4.18. The lowest BCUT2D eigenvalue weighted by atomic mass is 10.2. The molecule has 1 N–H and O–H groups in total. The van der Waals surface area contributed by atoms with Crippen molar-refractivity contribution < 1.29 is 0 Å². The molecule has 100 valence electrons. The van der Waals surface area contributed by atoms with Crippen molar-refractivity contribution in [2.24, 2.45) is 0 Å². The van der Waals surface area contributed by atoms with Crippen molar-refractivity contribution in [2.45, 2.75) is 26.3 Å². The molecular formula is C14H23N3S. The average Bonchev–Trinajstić information content (AvgIpc) is 2.68. The molecule has 4 heteroatoms. The van der Waals surface area contributed by atoms with Gasteiger partial charge in [0, 0.05) is 31.6 Å². The summed E-state index contributed by atoms with van der Waals surface area (Å²) in [7, 11) is 0. The van der Waals surface area contributed by atoms with Crippen LogP contribution >= 0.6 is 11.8 Å². The Bertz CT molecular complexity index is 349. The van der Waals surface area contributed by atoms with Crippen LogP contribution in [0.3, 0.4) is 0 Å². The van der Waals surface area contributed by atoms with Crippen LogP contribution in [0.4, 0.5) is 5.82 Å². The summed E-state index contributed by atoms with van der Waals surface area (Å²) >= 11 is 2.05. The molecule has 0 bridgehead atoms. The first-order chi connectivity index (χ1) is 8.90. The standard InChI is InChI=1S/C14H23N3S/c1-2-5-15-12-13-4-6-16-14(11-13)17-7-3-9-18-10-8-17/h4,6,11,15H,2-3,5,7-10,12H2,1H3. The summed E-state index contributed by atoms with van der Waals surface area (Å²) in [6, 6.07) is 4.34. The highest BCUT2D eigenvalue weighted by Crippen LogP contribution is 2.17. The SMILES string of the molecule is CCCNCc1ccnc(N2CCCSCC2)c1. The van der Waals surface area contributed by atoms with E-state index in [-0.39, 0.29) is 0 Å². The van der Waals surface area contributed by atoms with Gasteiger partial charge in [-0.25, -0.2) is 4.98 Å². The third-order valence-electron chi connectivity index (χ3n) is 3.11. The lowest BCUT2D eigenvalue weighted by Crippen LogP contribution is -2.26. The van der Waals surface area contributed by atoms with Gasteiger partial charge in [0.05, 0.1) is 0 Å². The van der Waals surface area contributed by atoms with Crippen LogP contribution in [-0.2, 0) is 6.54 Å². The van der Waals surface area contributed by atoms with E-state index in [1.807, 2.05) is 6.20 Å². The van der Waals surface area contributed by atoms with Crippen molar-refractivity contribution in [3.05, 3.63) is 23.9 Å². The van der Waals surface area contributed by atoms with Crippen LogP contribution in [0.15, 0.2) is 18.3 Å². The van der Waals surface area contributed by atoms with E-state index < -0.39 is 0 Å². The topological polar surface area (TPSA) is 28.2 Å². The van der Waals surface area contributed by atoms with Crippen LogP contribution in [-0.4, -0.2) is 36.1 Å². The van der Waals surface area contributed by atoms with Gasteiger partial charge < -0.3 is 10.2 Å². The first kappa shape index (κ1) is 13.7. The number of hydrogen-bond donors (Lipinski definition) is 1. The Morgan fingerprint density at radius 1 is 1.39 bits per heavy atom. The molecule has 1 aromatic heterocycles. The highest BCUT2D eigenvalue weighted by molar-refractivity contribution is 7.99. The molecule has 0 aliphatic carbocycles. The fourth-order valence-electron chi connectivity index (χ4n) is 2.13. The van der Waals surface area contributed by atoms with Crippen LogP contribution in [0.5, 0.6) is 0 Å². The normalized spacial score (nSPS) is 16.6. The number of nitrogens with zero attached hydrogens (tertiary/aromatic N) is 2. The van der Waals surface area contributed by atoms with Crippen molar-refractivity contribution in [3.63, 3.8) is 0 Å². The number of thioether (sulfide) groups is 1. The summed E-state index contributed by atoms with van der Waals surface area (Å²) in [4.78, 5) is 6.94. The molecule has 18 heavy (non-hydrogen) atoms. The smallest absolute Gasteiger partial charge is 0.128 e. The van der Waals surface area contributed by atoms with E-state index >= 15 is 0 Å². The minimum Gasteiger partial charge on any atom is -0.356 e. The van der Waals surface area contributed by atoms with E-state index in [9.17, 15) is 0 Å². The van der Waals surface area contributed by atoms with E-state index in [1.165, 1.54) is 29.9 Å². The first-order valence-corrected chi connectivity index (χ1v) is 8.04. The van der Waals surface area contributed by atoms with Crippen LogP contribution in [0.2, 0.25) is 0 Å². The summed E-state index contributed by atoms with van der Waals surface area (Å²) in [5.41, 5.74) is 1.34. The highest BCUT2D eigenvalue weighted by atomic mass is 32.2. The summed E-state index contributed by atoms with van der Waals surface area (Å²) in [6.07, 6.45) is 4.39. The van der Waals surface area contributed by atoms with Crippen molar-refractivity contribution >= 4 is 17.6 Å². The molecule has 0 amide bonds. The van der Waals surface area contributed by atoms with Crippen LogP contribution in [0, 0.1) is 0 Å². The van der Waals surface area contributed by atoms with Crippen LogP contribution in [0.25, 0.3) is 0 Å². The maximum absolute atomic E-state index is 4.52. The van der Waals surface area contributed by atoms with Crippen LogP contribution in [0.1, 0.15) is 25.3 Å². The van der Waals surface area contributed by atoms with Gasteiger partial charge in [-0.1, -0.05) is 6.92 Å². The van der Waals surface area contributed by atoms with E-state index in [2.05, 4.69) is 46.0 Å².